The molecule has 0 aliphatic heterocycles. The van der Waals surface area contributed by atoms with Gasteiger partial charge >= 0.3 is 0 Å². The van der Waals surface area contributed by atoms with Crippen molar-refractivity contribution in [2.75, 3.05) is 25.9 Å². The van der Waals surface area contributed by atoms with E-state index in [2.05, 4.69) is 15.6 Å². The van der Waals surface area contributed by atoms with E-state index in [1.54, 1.807) is 32.9 Å². The third kappa shape index (κ3) is 5.54. The standard InChI is InChI=1S/C15H27N3O4S/c1-6-16-13(17-10-14(2,3)23(5,20)21)18-11-15(4,19)12-8-7-9-22-12/h7-9,19H,6,10-11H2,1-5H3,(H2,16,17,18). The lowest BCUT2D eigenvalue weighted by molar-refractivity contribution is 0.0386. The lowest BCUT2D eigenvalue weighted by Gasteiger charge is -2.24. The minimum absolute atomic E-state index is 0.115. The molecule has 0 spiro atoms. The van der Waals surface area contributed by atoms with Crippen LogP contribution in [0, 0.1) is 0 Å². The first-order valence-corrected chi connectivity index (χ1v) is 9.37. The van der Waals surface area contributed by atoms with Crippen LogP contribution in [0.2, 0.25) is 0 Å². The zero-order chi connectivity index (χ0) is 17.7. The number of hydrogen-bond donors (Lipinski definition) is 3. The fourth-order valence-corrected chi connectivity index (χ4v) is 1.96. The Morgan fingerprint density at radius 2 is 2.00 bits per heavy atom. The average molecular weight is 345 g/mol. The van der Waals surface area contributed by atoms with E-state index >= 15 is 0 Å². The number of nitrogens with zero attached hydrogens (tertiary/aromatic N) is 1. The maximum atomic E-state index is 11.7. The third-order valence-corrected chi connectivity index (χ3v) is 5.75. The van der Waals surface area contributed by atoms with Crippen molar-refractivity contribution in [3.8, 4) is 0 Å². The minimum Gasteiger partial charge on any atom is -0.466 e. The van der Waals surface area contributed by atoms with Gasteiger partial charge in [0.2, 0.25) is 0 Å². The molecule has 0 fully saturated rings. The molecule has 1 aromatic rings. The summed E-state index contributed by atoms with van der Waals surface area (Å²) in [5.41, 5.74) is -1.20. The molecule has 1 atom stereocenters. The highest BCUT2D eigenvalue weighted by atomic mass is 32.2. The van der Waals surface area contributed by atoms with Gasteiger partial charge in [-0.05, 0) is 39.8 Å². The van der Waals surface area contributed by atoms with Gasteiger partial charge in [-0.3, -0.25) is 4.99 Å². The largest absolute Gasteiger partial charge is 0.466 e. The summed E-state index contributed by atoms with van der Waals surface area (Å²) in [6, 6.07) is 3.40. The van der Waals surface area contributed by atoms with Crippen molar-refractivity contribution in [3.63, 3.8) is 0 Å². The van der Waals surface area contributed by atoms with Crippen molar-refractivity contribution in [1.29, 1.82) is 0 Å². The summed E-state index contributed by atoms with van der Waals surface area (Å²) in [6.07, 6.45) is 2.70. The van der Waals surface area contributed by atoms with Crippen LogP contribution in [0.1, 0.15) is 33.5 Å². The molecule has 0 amide bonds. The summed E-state index contributed by atoms with van der Waals surface area (Å²) in [5.74, 6) is 0.883. The van der Waals surface area contributed by atoms with Crippen molar-refractivity contribution in [1.82, 2.24) is 10.6 Å². The number of guanidine groups is 1. The summed E-state index contributed by atoms with van der Waals surface area (Å²) in [7, 11) is -3.22. The average Bonchev–Trinajstić information content (AvgIpc) is 2.95. The Morgan fingerprint density at radius 1 is 1.35 bits per heavy atom. The number of furan rings is 1. The monoisotopic (exact) mass is 345 g/mol. The summed E-state index contributed by atoms with van der Waals surface area (Å²) >= 11 is 0. The number of aliphatic hydroxyl groups is 1. The predicted octanol–water partition coefficient (Wildman–Crippen LogP) is 0.865. The van der Waals surface area contributed by atoms with Gasteiger partial charge in [0.1, 0.15) is 11.4 Å². The molecule has 0 aliphatic rings. The molecule has 0 saturated heterocycles. The van der Waals surface area contributed by atoms with E-state index in [0.717, 1.165) is 0 Å². The van der Waals surface area contributed by atoms with E-state index in [1.165, 1.54) is 12.5 Å². The quantitative estimate of drug-likeness (QED) is 0.500. The molecular formula is C15H27N3O4S. The highest BCUT2D eigenvalue weighted by Gasteiger charge is 2.30. The molecule has 1 unspecified atom stereocenters. The van der Waals surface area contributed by atoms with Crippen LogP contribution in [-0.2, 0) is 15.4 Å². The summed E-state index contributed by atoms with van der Waals surface area (Å²) < 4.78 is 27.7. The minimum atomic E-state index is -3.22. The van der Waals surface area contributed by atoms with E-state index in [4.69, 9.17) is 4.42 Å². The number of hydrogen-bond acceptors (Lipinski definition) is 5. The topological polar surface area (TPSA) is 104 Å². The maximum Gasteiger partial charge on any atom is 0.191 e. The number of aliphatic imine (C=N–C) groups is 1. The Balaban J connectivity index is 2.77. The van der Waals surface area contributed by atoms with Crippen LogP contribution in [-0.4, -0.2) is 50.1 Å². The van der Waals surface area contributed by atoms with E-state index in [-0.39, 0.29) is 13.1 Å². The van der Waals surface area contributed by atoms with Crippen molar-refractivity contribution in [2.24, 2.45) is 4.99 Å². The Hall–Kier alpha value is -1.54. The summed E-state index contributed by atoms with van der Waals surface area (Å²) in [6.45, 7) is 7.71. The van der Waals surface area contributed by atoms with Crippen LogP contribution in [0.15, 0.2) is 27.8 Å². The van der Waals surface area contributed by atoms with Crippen molar-refractivity contribution < 1.29 is 17.9 Å². The zero-order valence-corrected chi connectivity index (χ0v) is 15.2. The highest BCUT2D eigenvalue weighted by Crippen LogP contribution is 2.19. The molecule has 23 heavy (non-hydrogen) atoms. The van der Waals surface area contributed by atoms with Crippen LogP contribution in [0.3, 0.4) is 0 Å². The van der Waals surface area contributed by atoms with Gasteiger partial charge in [-0.2, -0.15) is 0 Å². The van der Waals surface area contributed by atoms with Gasteiger partial charge in [-0.25, -0.2) is 8.42 Å². The second-order valence-electron chi connectivity index (χ2n) is 6.33. The van der Waals surface area contributed by atoms with E-state index < -0.39 is 20.2 Å². The smallest absolute Gasteiger partial charge is 0.191 e. The Kier molecular flexibility index (Phi) is 6.24. The highest BCUT2D eigenvalue weighted by molar-refractivity contribution is 7.92. The number of nitrogens with one attached hydrogen (secondary N) is 2. The van der Waals surface area contributed by atoms with Gasteiger partial charge in [0.05, 0.1) is 24.1 Å². The van der Waals surface area contributed by atoms with Gasteiger partial charge in [0.15, 0.2) is 15.8 Å². The van der Waals surface area contributed by atoms with Crippen LogP contribution in [0.4, 0.5) is 0 Å². The molecule has 0 radical (unpaired) electrons. The second kappa shape index (κ2) is 7.35. The first kappa shape index (κ1) is 19.5. The number of sulfone groups is 1. The molecule has 0 aromatic carbocycles. The van der Waals surface area contributed by atoms with Crippen molar-refractivity contribution >= 4 is 15.8 Å². The molecule has 8 heteroatoms. The molecule has 7 nitrogen and oxygen atoms in total. The van der Waals surface area contributed by atoms with Crippen LogP contribution < -0.4 is 10.6 Å². The van der Waals surface area contributed by atoms with Gasteiger partial charge in [-0.1, -0.05) is 0 Å². The molecule has 0 saturated carbocycles. The Morgan fingerprint density at radius 3 is 2.48 bits per heavy atom. The van der Waals surface area contributed by atoms with Crippen LogP contribution >= 0.6 is 0 Å². The Bertz CT molecular complexity index is 619. The fourth-order valence-electron chi connectivity index (χ4n) is 1.66. The lowest BCUT2D eigenvalue weighted by atomic mass is 10.0. The Labute approximate surface area is 138 Å². The molecule has 0 aliphatic carbocycles. The first-order chi connectivity index (χ1) is 10.5. The molecule has 0 bridgehead atoms. The summed E-state index contributed by atoms with van der Waals surface area (Å²) in [4.78, 5) is 4.31. The molecule has 132 valence electrons. The zero-order valence-electron chi connectivity index (χ0n) is 14.4. The third-order valence-electron chi connectivity index (χ3n) is 3.62. The van der Waals surface area contributed by atoms with Gasteiger partial charge in [0, 0.05) is 12.8 Å². The lowest BCUT2D eigenvalue weighted by Crippen LogP contribution is -2.45. The normalized spacial score (nSPS) is 16.0. The van der Waals surface area contributed by atoms with E-state index in [9.17, 15) is 13.5 Å². The van der Waals surface area contributed by atoms with Gasteiger partial charge in [0.25, 0.3) is 0 Å². The summed E-state index contributed by atoms with van der Waals surface area (Å²) in [5, 5.41) is 16.4. The fraction of sp³-hybridized carbons (Fsp3) is 0.667. The predicted molar refractivity (Wildman–Crippen MR) is 91.2 cm³/mol. The first-order valence-electron chi connectivity index (χ1n) is 7.48. The van der Waals surface area contributed by atoms with E-state index in [1.807, 2.05) is 6.92 Å². The number of rotatable bonds is 7. The second-order valence-corrected chi connectivity index (χ2v) is 8.98. The maximum absolute atomic E-state index is 11.7. The molecule has 3 N–H and O–H groups in total. The SMILES string of the molecule is CCNC(=NCC(C)(C)S(C)(=O)=O)NCC(C)(O)c1ccco1. The van der Waals surface area contributed by atoms with Gasteiger partial charge in [-0.15, -0.1) is 0 Å². The molecule has 1 heterocycles. The van der Waals surface area contributed by atoms with Crippen LogP contribution in [0.5, 0.6) is 0 Å². The molecule has 1 aromatic heterocycles. The van der Waals surface area contributed by atoms with Gasteiger partial charge < -0.3 is 20.2 Å². The van der Waals surface area contributed by atoms with Crippen molar-refractivity contribution in [2.45, 2.75) is 38.0 Å². The van der Waals surface area contributed by atoms with Crippen molar-refractivity contribution in [3.05, 3.63) is 24.2 Å². The molecule has 1 rings (SSSR count). The van der Waals surface area contributed by atoms with Crippen LogP contribution in [0.25, 0.3) is 0 Å². The molecular weight excluding hydrogens is 318 g/mol. The van der Waals surface area contributed by atoms with E-state index in [0.29, 0.717) is 18.3 Å².